The second-order valence-corrected chi connectivity index (χ2v) is 9.08. The molecule has 2 saturated heterocycles. The SMILES string of the molecule is N#Cc1ccccc1CN1C[C@@H]2C[C@H](C1)c1ccc(CN3CC[C@H](F)C3)c(=O)n1C2. The second-order valence-electron chi connectivity index (χ2n) is 9.08. The number of rotatable bonds is 4. The highest BCUT2D eigenvalue weighted by Gasteiger charge is 2.35. The molecule has 30 heavy (non-hydrogen) atoms. The van der Waals surface area contributed by atoms with Crippen molar-refractivity contribution in [3.63, 3.8) is 0 Å². The van der Waals surface area contributed by atoms with E-state index in [1.54, 1.807) is 0 Å². The van der Waals surface area contributed by atoms with Crippen LogP contribution < -0.4 is 5.56 Å². The van der Waals surface area contributed by atoms with E-state index in [0.29, 0.717) is 31.3 Å². The van der Waals surface area contributed by atoms with Crippen LogP contribution in [0.25, 0.3) is 0 Å². The molecule has 0 N–H and O–H groups in total. The van der Waals surface area contributed by atoms with Gasteiger partial charge in [-0.05, 0) is 36.5 Å². The van der Waals surface area contributed by atoms with Crippen molar-refractivity contribution in [3.05, 3.63) is 69.1 Å². The molecule has 1 aromatic heterocycles. The molecule has 0 aliphatic carbocycles. The maximum atomic E-state index is 13.5. The Kier molecular flexibility index (Phi) is 5.18. The normalized spacial score (nSPS) is 26.3. The molecule has 0 spiro atoms. The van der Waals surface area contributed by atoms with Crippen LogP contribution in [0.3, 0.4) is 0 Å². The number of benzene rings is 1. The van der Waals surface area contributed by atoms with E-state index in [-0.39, 0.29) is 5.56 Å². The van der Waals surface area contributed by atoms with Gasteiger partial charge in [-0.3, -0.25) is 14.6 Å². The van der Waals surface area contributed by atoms with Crippen molar-refractivity contribution in [1.82, 2.24) is 14.4 Å². The zero-order valence-corrected chi connectivity index (χ0v) is 17.1. The van der Waals surface area contributed by atoms with Crippen molar-refractivity contribution in [1.29, 1.82) is 5.26 Å². The van der Waals surface area contributed by atoms with Crippen molar-refractivity contribution in [3.8, 4) is 6.07 Å². The van der Waals surface area contributed by atoms with E-state index in [0.717, 1.165) is 61.5 Å². The van der Waals surface area contributed by atoms with Gasteiger partial charge in [-0.15, -0.1) is 0 Å². The molecular weight excluding hydrogens is 379 g/mol. The molecule has 2 fully saturated rings. The Balaban J connectivity index is 1.35. The number of hydrogen-bond donors (Lipinski definition) is 0. The van der Waals surface area contributed by atoms with Gasteiger partial charge in [0, 0.05) is 63.0 Å². The van der Waals surface area contributed by atoms with Gasteiger partial charge in [-0.2, -0.15) is 5.26 Å². The number of hydrogen-bond acceptors (Lipinski definition) is 4. The third-order valence-electron chi connectivity index (χ3n) is 6.90. The third-order valence-corrected chi connectivity index (χ3v) is 6.90. The summed E-state index contributed by atoms with van der Waals surface area (Å²) in [5.74, 6) is 0.788. The second kappa shape index (κ2) is 7.98. The molecule has 156 valence electrons. The molecule has 0 saturated carbocycles. The number of likely N-dealkylation sites (tertiary alicyclic amines) is 2. The van der Waals surface area contributed by atoms with Gasteiger partial charge in [-0.25, -0.2) is 4.39 Å². The predicted molar refractivity (Wildman–Crippen MR) is 113 cm³/mol. The highest BCUT2D eigenvalue weighted by Crippen LogP contribution is 2.36. The molecule has 5 rings (SSSR count). The average Bonchev–Trinajstić information content (AvgIpc) is 3.15. The fourth-order valence-corrected chi connectivity index (χ4v) is 5.52. The van der Waals surface area contributed by atoms with Gasteiger partial charge in [0.05, 0.1) is 11.6 Å². The minimum Gasteiger partial charge on any atom is -0.312 e. The van der Waals surface area contributed by atoms with Gasteiger partial charge < -0.3 is 4.57 Å². The molecule has 0 amide bonds. The fourth-order valence-electron chi connectivity index (χ4n) is 5.52. The Morgan fingerprint density at radius 1 is 1.00 bits per heavy atom. The number of alkyl halides is 1. The first-order valence-electron chi connectivity index (χ1n) is 10.9. The van der Waals surface area contributed by atoms with E-state index in [1.807, 2.05) is 39.8 Å². The lowest BCUT2D eigenvalue weighted by Gasteiger charge is -2.43. The molecule has 3 aliphatic heterocycles. The Morgan fingerprint density at radius 3 is 2.63 bits per heavy atom. The van der Waals surface area contributed by atoms with Gasteiger partial charge in [0.1, 0.15) is 6.17 Å². The van der Waals surface area contributed by atoms with Crippen LogP contribution in [-0.2, 0) is 19.6 Å². The summed E-state index contributed by atoms with van der Waals surface area (Å²) >= 11 is 0. The van der Waals surface area contributed by atoms with Crippen LogP contribution in [0.1, 0.15) is 41.1 Å². The van der Waals surface area contributed by atoms with Gasteiger partial charge in [0.25, 0.3) is 5.56 Å². The van der Waals surface area contributed by atoms with Crippen LogP contribution in [0, 0.1) is 17.2 Å². The Morgan fingerprint density at radius 2 is 1.83 bits per heavy atom. The lowest BCUT2D eigenvalue weighted by atomic mass is 9.82. The molecular formula is C24H27FN4O. The lowest BCUT2D eigenvalue weighted by Crippen LogP contribution is -2.47. The minimum absolute atomic E-state index is 0.104. The third kappa shape index (κ3) is 3.68. The van der Waals surface area contributed by atoms with E-state index in [2.05, 4.69) is 17.0 Å². The first-order valence-corrected chi connectivity index (χ1v) is 10.9. The van der Waals surface area contributed by atoms with Crippen LogP contribution in [0.5, 0.6) is 0 Å². The predicted octanol–water partition coefficient (Wildman–Crippen LogP) is 2.88. The summed E-state index contributed by atoms with van der Waals surface area (Å²) in [5.41, 5.74) is 3.83. The summed E-state index contributed by atoms with van der Waals surface area (Å²) in [6, 6.07) is 14.2. The Labute approximate surface area is 176 Å². The number of halogens is 1. The molecule has 1 aromatic carbocycles. The van der Waals surface area contributed by atoms with Crippen LogP contribution in [0.15, 0.2) is 41.2 Å². The van der Waals surface area contributed by atoms with Crippen LogP contribution in [-0.4, -0.2) is 46.7 Å². The molecule has 5 nitrogen and oxygen atoms in total. The van der Waals surface area contributed by atoms with Gasteiger partial charge in [0.15, 0.2) is 0 Å². The fraction of sp³-hybridized carbons (Fsp3) is 0.500. The maximum Gasteiger partial charge on any atom is 0.255 e. The summed E-state index contributed by atoms with van der Waals surface area (Å²) in [6.07, 6.45) is 0.924. The topological polar surface area (TPSA) is 52.3 Å². The molecule has 0 unspecified atom stereocenters. The molecule has 2 bridgehead atoms. The van der Waals surface area contributed by atoms with Crippen LogP contribution >= 0.6 is 0 Å². The standard InChI is InChI=1S/C24H27FN4O/c25-22-7-8-27(16-22)14-20-5-6-23-21-9-17(12-29(23)24(20)30)11-28(15-21)13-19-4-2-1-3-18(19)10-26/h1-6,17,21-22H,7-9,11-16H2/t17-,21+,22-/m0/s1. The Bertz CT molecular complexity index is 1040. The number of pyridine rings is 1. The van der Waals surface area contributed by atoms with Gasteiger partial charge in [-0.1, -0.05) is 24.3 Å². The minimum atomic E-state index is -0.762. The van der Waals surface area contributed by atoms with E-state index in [1.165, 1.54) is 0 Å². The quantitative estimate of drug-likeness (QED) is 0.784. The van der Waals surface area contributed by atoms with Crippen molar-refractivity contribution >= 4 is 0 Å². The molecule has 3 aliphatic rings. The van der Waals surface area contributed by atoms with E-state index >= 15 is 0 Å². The van der Waals surface area contributed by atoms with Gasteiger partial charge >= 0.3 is 0 Å². The van der Waals surface area contributed by atoms with E-state index in [9.17, 15) is 14.4 Å². The first-order chi connectivity index (χ1) is 14.6. The lowest BCUT2D eigenvalue weighted by molar-refractivity contribution is 0.114. The van der Waals surface area contributed by atoms with Gasteiger partial charge in [0.2, 0.25) is 0 Å². The monoisotopic (exact) mass is 406 g/mol. The van der Waals surface area contributed by atoms with Crippen molar-refractivity contribution < 1.29 is 4.39 Å². The molecule has 2 aromatic rings. The van der Waals surface area contributed by atoms with Crippen LogP contribution in [0.4, 0.5) is 4.39 Å². The zero-order valence-electron chi connectivity index (χ0n) is 17.1. The van der Waals surface area contributed by atoms with E-state index in [4.69, 9.17) is 0 Å². The van der Waals surface area contributed by atoms with Crippen molar-refractivity contribution in [2.24, 2.45) is 5.92 Å². The first kappa shape index (κ1) is 19.5. The van der Waals surface area contributed by atoms with Crippen molar-refractivity contribution in [2.75, 3.05) is 26.2 Å². The highest BCUT2D eigenvalue weighted by molar-refractivity contribution is 5.37. The highest BCUT2D eigenvalue weighted by atomic mass is 19.1. The summed E-state index contributed by atoms with van der Waals surface area (Å²) in [4.78, 5) is 17.6. The maximum absolute atomic E-state index is 13.5. The number of fused-ring (bicyclic) bond motifs is 4. The summed E-state index contributed by atoms with van der Waals surface area (Å²) < 4.78 is 15.5. The van der Waals surface area contributed by atoms with Crippen LogP contribution in [0.2, 0.25) is 0 Å². The largest absolute Gasteiger partial charge is 0.312 e. The summed E-state index contributed by atoms with van der Waals surface area (Å²) in [5, 5.41) is 9.38. The molecule has 4 heterocycles. The molecule has 3 atom stereocenters. The summed E-state index contributed by atoms with van der Waals surface area (Å²) in [7, 11) is 0. The Hall–Kier alpha value is -2.49. The number of nitrogens with zero attached hydrogens (tertiary/aromatic N) is 4. The molecule has 0 radical (unpaired) electrons. The summed E-state index contributed by atoms with van der Waals surface area (Å²) in [6.45, 7) is 5.09. The zero-order chi connectivity index (χ0) is 20.7. The number of nitriles is 1. The molecule has 6 heteroatoms. The van der Waals surface area contributed by atoms with Crippen molar-refractivity contribution in [2.45, 2.75) is 44.6 Å². The smallest absolute Gasteiger partial charge is 0.255 e. The number of piperidine rings is 1. The van der Waals surface area contributed by atoms with E-state index < -0.39 is 6.17 Å². The number of aromatic nitrogens is 1. The average molecular weight is 407 g/mol.